The maximum absolute atomic E-state index is 13.9. The molecule has 2 rings (SSSR count). The molecule has 8 nitrogen and oxygen atoms in total. The second-order valence-electron chi connectivity index (χ2n) is 3.64. The van der Waals surface area contributed by atoms with Gasteiger partial charge in [0.2, 0.25) is 5.82 Å². The molecule has 1 aromatic heterocycles. The van der Waals surface area contributed by atoms with Crippen molar-refractivity contribution in [3.63, 3.8) is 0 Å². The monoisotopic (exact) mass is 308 g/mol. The van der Waals surface area contributed by atoms with Crippen molar-refractivity contribution in [1.82, 2.24) is 20.6 Å². The fourth-order valence-electron chi connectivity index (χ4n) is 1.44. The summed E-state index contributed by atoms with van der Waals surface area (Å²) >= 11 is 5.61. The summed E-state index contributed by atoms with van der Waals surface area (Å²) in [5, 5.41) is 32.7. The van der Waals surface area contributed by atoms with E-state index in [0.717, 1.165) is 18.3 Å². The Morgan fingerprint density at radius 1 is 1.57 bits per heavy atom. The van der Waals surface area contributed by atoms with Gasteiger partial charge in [0.05, 0.1) is 16.3 Å². The lowest BCUT2D eigenvalue weighted by Crippen LogP contribution is -2.05. The third-order valence-electron chi connectivity index (χ3n) is 2.39. The number of aromatic nitrogens is 4. The van der Waals surface area contributed by atoms with Crippen molar-refractivity contribution in [2.45, 2.75) is 0 Å². The highest BCUT2D eigenvalue weighted by molar-refractivity contribution is 6.31. The van der Waals surface area contributed by atoms with E-state index >= 15 is 0 Å². The number of tetrazole rings is 1. The van der Waals surface area contributed by atoms with E-state index in [4.69, 9.17) is 22.0 Å². The predicted molar refractivity (Wildman–Crippen MR) is 69.8 cm³/mol. The number of nitriles is 1. The Morgan fingerprint density at radius 2 is 2.33 bits per heavy atom. The summed E-state index contributed by atoms with van der Waals surface area (Å²) in [7, 11) is 0. The van der Waals surface area contributed by atoms with Crippen molar-refractivity contribution in [2.24, 2.45) is 0 Å². The van der Waals surface area contributed by atoms with Gasteiger partial charge >= 0.3 is 5.97 Å². The average molecular weight is 309 g/mol. The lowest BCUT2D eigenvalue weighted by molar-refractivity contribution is 0.0697. The van der Waals surface area contributed by atoms with Crippen molar-refractivity contribution < 1.29 is 14.3 Å². The first-order valence-corrected chi connectivity index (χ1v) is 5.74. The van der Waals surface area contributed by atoms with Gasteiger partial charge in [-0.3, -0.25) is 0 Å². The van der Waals surface area contributed by atoms with Gasteiger partial charge in [-0.25, -0.2) is 9.18 Å². The van der Waals surface area contributed by atoms with Crippen LogP contribution in [0.25, 0.3) is 5.57 Å². The molecule has 0 radical (unpaired) electrons. The summed E-state index contributed by atoms with van der Waals surface area (Å²) in [5.74, 6) is -2.32. The molecule has 0 unspecified atom stereocenters. The van der Waals surface area contributed by atoms with E-state index < -0.39 is 11.8 Å². The van der Waals surface area contributed by atoms with Gasteiger partial charge in [-0.1, -0.05) is 11.6 Å². The molecular formula is C11H6ClFN6O2. The molecule has 0 spiro atoms. The van der Waals surface area contributed by atoms with Crippen LogP contribution in [0, 0.1) is 17.1 Å². The average Bonchev–Trinajstić information content (AvgIpc) is 2.97. The third-order valence-corrected chi connectivity index (χ3v) is 2.68. The van der Waals surface area contributed by atoms with Crippen molar-refractivity contribution in [3.05, 3.63) is 40.6 Å². The number of aromatic carboxylic acids is 1. The van der Waals surface area contributed by atoms with Gasteiger partial charge in [0.15, 0.2) is 5.82 Å². The largest absolute Gasteiger partial charge is 0.478 e. The number of benzene rings is 1. The standard InChI is InChI=1S/C11H6ClFN6O2/c12-7-2-1-6(11(20)21)9(8(7)13)15-4-5(3-14)10-16-18-19-17-10/h1-2,4,15H,(H,20,21)(H,16,17,18,19). The summed E-state index contributed by atoms with van der Waals surface area (Å²) in [5.41, 5.74) is -0.774. The minimum atomic E-state index is -1.35. The molecule has 1 aromatic carbocycles. The van der Waals surface area contributed by atoms with E-state index in [9.17, 15) is 9.18 Å². The molecule has 0 saturated heterocycles. The topological polar surface area (TPSA) is 128 Å². The maximum atomic E-state index is 13.9. The molecule has 0 bridgehead atoms. The molecule has 21 heavy (non-hydrogen) atoms. The SMILES string of the molecule is N#CC(=CNc1c(C(=O)O)ccc(Cl)c1F)c1nn[nH]n1. The number of carboxylic acids is 1. The summed E-state index contributed by atoms with van der Waals surface area (Å²) < 4.78 is 13.9. The molecule has 0 amide bonds. The molecular weight excluding hydrogens is 303 g/mol. The zero-order chi connectivity index (χ0) is 15.4. The molecule has 0 aliphatic carbocycles. The molecule has 0 aliphatic rings. The number of H-pyrrole nitrogens is 1. The Hall–Kier alpha value is -2.99. The molecule has 2 aromatic rings. The second-order valence-corrected chi connectivity index (χ2v) is 4.05. The molecule has 0 saturated carbocycles. The Bertz CT molecular complexity index is 753. The van der Waals surface area contributed by atoms with Crippen LogP contribution in [0.3, 0.4) is 0 Å². The summed E-state index contributed by atoms with van der Waals surface area (Å²) in [4.78, 5) is 11.1. The number of anilines is 1. The Labute approximate surface area is 121 Å². The number of aromatic amines is 1. The van der Waals surface area contributed by atoms with E-state index in [1.807, 2.05) is 0 Å². The molecule has 1 heterocycles. The Balaban J connectivity index is 2.42. The van der Waals surface area contributed by atoms with Crippen LogP contribution in [0.4, 0.5) is 10.1 Å². The Kier molecular flexibility index (Phi) is 4.10. The van der Waals surface area contributed by atoms with Gasteiger partial charge in [-0.15, -0.1) is 10.2 Å². The number of carboxylic acid groups (broad SMARTS) is 1. The molecule has 3 N–H and O–H groups in total. The van der Waals surface area contributed by atoms with Crippen molar-refractivity contribution in [3.8, 4) is 6.07 Å². The van der Waals surface area contributed by atoms with Crippen LogP contribution >= 0.6 is 11.6 Å². The predicted octanol–water partition coefficient (Wildman–Crippen LogP) is 1.67. The highest BCUT2D eigenvalue weighted by Crippen LogP contribution is 2.27. The van der Waals surface area contributed by atoms with Crippen LogP contribution in [0.15, 0.2) is 18.3 Å². The minimum Gasteiger partial charge on any atom is -0.478 e. The minimum absolute atomic E-state index is 0.0238. The number of nitrogens with zero attached hydrogens (tertiary/aromatic N) is 4. The van der Waals surface area contributed by atoms with Gasteiger partial charge in [-0.2, -0.15) is 10.5 Å². The van der Waals surface area contributed by atoms with Gasteiger partial charge in [0.1, 0.15) is 11.6 Å². The van der Waals surface area contributed by atoms with E-state index in [0.29, 0.717) is 0 Å². The lowest BCUT2D eigenvalue weighted by atomic mass is 10.1. The van der Waals surface area contributed by atoms with E-state index in [1.165, 1.54) is 0 Å². The summed E-state index contributed by atoms with van der Waals surface area (Å²) in [6.07, 6.45) is 1.06. The van der Waals surface area contributed by atoms with Crippen LogP contribution in [-0.2, 0) is 0 Å². The first-order valence-electron chi connectivity index (χ1n) is 5.36. The van der Waals surface area contributed by atoms with Crippen LogP contribution in [0.2, 0.25) is 5.02 Å². The fourth-order valence-corrected chi connectivity index (χ4v) is 1.59. The zero-order valence-corrected chi connectivity index (χ0v) is 10.9. The zero-order valence-electron chi connectivity index (χ0n) is 10.1. The first kappa shape index (κ1) is 14.4. The second kappa shape index (κ2) is 5.98. The maximum Gasteiger partial charge on any atom is 0.337 e. The quantitative estimate of drug-likeness (QED) is 0.733. The van der Waals surface area contributed by atoms with Crippen LogP contribution in [-0.4, -0.2) is 31.7 Å². The third kappa shape index (κ3) is 2.96. The van der Waals surface area contributed by atoms with Crippen molar-refractivity contribution >= 4 is 28.8 Å². The first-order chi connectivity index (χ1) is 10.0. The number of hydrogen-bond acceptors (Lipinski definition) is 6. The molecule has 0 atom stereocenters. The van der Waals surface area contributed by atoms with Gasteiger partial charge in [0, 0.05) is 6.20 Å². The van der Waals surface area contributed by atoms with Crippen LogP contribution in [0.1, 0.15) is 16.2 Å². The van der Waals surface area contributed by atoms with Crippen LogP contribution in [0.5, 0.6) is 0 Å². The van der Waals surface area contributed by atoms with E-state index in [-0.39, 0.29) is 27.7 Å². The smallest absolute Gasteiger partial charge is 0.337 e. The van der Waals surface area contributed by atoms with Gasteiger partial charge in [-0.05, 0) is 17.3 Å². The van der Waals surface area contributed by atoms with Gasteiger partial charge < -0.3 is 10.4 Å². The number of halogens is 2. The Morgan fingerprint density at radius 3 is 2.90 bits per heavy atom. The number of nitrogens with one attached hydrogen (secondary N) is 2. The molecule has 0 aliphatic heterocycles. The lowest BCUT2D eigenvalue weighted by Gasteiger charge is -2.08. The number of allylic oxidation sites excluding steroid dienone is 1. The van der Waals surface area contributed by atoms with E-state index in [2.05, 4.69) is 25.9 Å². The number of carbonyl (C=O) groups is 1. The molecule has 10 heteroatoms. The highest BCUT2D eigenvalue weighted by atomic mass is 35.5. The summed E-state index contributed by atoms with van der Waals surface area (Å²) in [6.45, 7) is 0. The van der Waals surface area contributed by atoms with E-state index in [1.54, 1.807) is 6.07 Å². The number of rotatable bonds is 4. The van der Waals surface area contributed by atoms with Crippen molar-refractivity contribution in [1.29, 1.82) is 5.26 Å². The summed E-state index contributed by atoms with van der Waals surface area (Å²) in [6, 6.07) is 4.04. The van der Waals surface area contributed by atoms with Gasteiger partial charge in [0.25, 0.3) is 0 Å². The highest BCUT2D eigenvalue weighted by Gasteiger charge is 2.17. The van der Waals surface area contributed by atoms with Crippen molar-refractivity contribution in [2.75, 3.05) is 5.32 Å². The number of hydrogen-bond donors (Lipinski definition) is 3. The molecule has 106 valence electrons. The normalized spacial score (nSPS) is 11.0. The van der Waals surface area contributed by atoms with Crippen LogP contribution < -0.4 is 5.32 Å². The molecule has 0 fully saturated rings. The fraction of sp³-hybridized carbons (Fsp3) is 0.